The normalized spacial score (nSPS) is 10.4. The summed E-state index contributed by atoms with van der Waals surface area (Å²) in [6.07, 6.45) is 1.90. The highest BCUT2D eigenvalue weighted by atomic mass is 16.5. The lowest BCUT2D eigenvalue weighted by atomic mass is 10.1. The van der Waals surface area contributed by atoms with Crippen molar-refractivity contribution in [1.29, 1.82) is 0 Å². The number of carbonyl (C=O) groups excluding carboxylic acids is 1. The monoisotopic (exact) mass is 301 g/mol. The molecule has 0 fully saturated rings. The van der Waals surface area contributed by atoms with Crippen LogP contribution in [0, 0.1) is 6.92 Å². The summed E-state index contributed by atoms with van der Waals surface area (Å²) in [5, 5.41) is 0. The van der Waals surface area contributed by atoms with E-state index in [0.29, 0.717) is 6.42 Å². The van der Waals surface area contributed by atoms with Gasteiger partial charge in [0.15, 0.2) is 12.4 Å². The Kier molecular flexibility index (Phi) is 5.24. The predicted molar refractivity (Wildman–Crippen MR) is 82.6 cm³/mol. The number of nitrogens with zero attached hydrogens (tertiary/aromatic N) is 3. The molecule has 0 bridgehead atoms. The van der Waals surface area contributed by atoms with Crippen LogP contribution in [0.2, 0.25) is 0 Å². The van der Waals surface area contributed by atoms with Crippen molar-refractivity contribution >= 4 is 17.9 Å². The number of rotatable bonds is 6. The number of esters is 1. The molecule has 116 valence electrons. The number of anilines is 2. The molecule has 7 heteroatoms. The summed E-state index contributed by atoms with van der Waals surface area (Å²) in [6, 6.07) is 8.25. The largest absolute Gasteiger partial charge is 0.457 e. The fourth-order valence-electron chi connectivity index (χ4n) is 1.93. The first-order valence-corrected chi connectivity index (χ1v) is 7.00. The van der Waals surface area contributed by atoms with Crippen LogP contribution in [0.25, 0.3) is 0 Å². The van der Waals surface area contributed by atoms with Gasteiger partial charge in [-0.3, -0.25) is 4.79 Å². The van der Waals surface area contributed by atoms with Gasteiger partial charge in [0.25, 0.3) is 0 Å². The van der Waals surface area contributed by atoms with Crippen LogP contribution in [0.15, 0.2) is 24.3 Å². The number of hydrogen-bond acceptors (Lipinski definition) is 7. The summed E-state index contributed by atoms with van der Waals surface area (Å²) in [6.45, 7) is 1.99. The lowest BCUT2D eigenvalue weighted by molar-refractivity contribution is -0.145. The number of nitrogens with two attached hydrogens (primary N) is 2. The van der Waals surface area contributed by atoms with Crippen molar-refractivity contribution in [3.63, 3.8) is 0 Å². The van der Waals surface area contributed by atoms with Crippen LogP contribution in [0.4, 0.5) is 11.9 Å². The Morgan fingerprint density at radius 1 is 1.09 bits per heavy atom. The zero-order chi connectivity index (χ0) is 15.9. The first kappa shape index (κ1) is 15.7. The third-order valence-corrected chi connectivity index (χ3v) is 3.05. The highest BCUT2D eigenvalue weighted by Crippen LogP contribution is 2.08. The number of aryl methyl sites for hydroxylation is 2. The molecule has 22 heavy (non-hydrogen) atoms. The molecule has 1 aromatic carbocycles. The maximum Gasteiger partial charge on any atom is 0.306 e. The van der Waals surface area contributed by atoms with Gasteiger partial charge in [-0.1, -0.05) is 29.8 Å². The molecule has 0 amide bonds. The highest BCUT2D eigenvalue weighted by molar-refractivity contribution is 5.69. The third kappa shape index (κ3) is 5.01. The van der Waals surface area contributed by atoms with Crippen molar-refractivity contribution in [3.05, 3.63) is 41.2 Å². The summed E-state index contributed by atoms with van der Waals surface area (Å²) in [5.41, 5.74) is 13.3. The van der Waals surface area contributed by atoms with E-state index >= 15 is 0 Å². The van der Waals surface area contributed by atoms with Crippen molar-refractivity contribution in [2.24, 2.45) is 0 Å². The second-order valence-corrected chi connectivity index (χ2v) is 4.97. The van der Waals surface area contributed by atoms with Crippen LogP contribution >= 0.6 is 0 Å². The van der Waals surface area contributed by atoms with E-state index < -0.39 is 0 Å². The van der Waals surface area contributed by atoms with Gasteiger partial charge in [0.2, 0.25) is 11.9 Å². The van der Waals surface area contributed by atoms with E-state index in [1.54, 1.807) is 0 Å². The minimum absolute atomic E-state index is 0.0120. The quantitative estimate of drug-likeness (QED) is 0.774. The molecule has 0 aliphatic carbocycles. The van der Waals surface area contributed by atoms with Crippen LogP contribution in [-0.4, -0.2) is 20.9 Å². The van der Waals surface area contributed by atoms with E-state index in [-0.39, 0.29) is 30.3 Å². The lowest BCUT2D eigenvalue weighted by Crippen LogP contribution is -2.11. The molecule has 2 rings (SSSR count). The number of hydrogen-bond donors (Lipinski definition) is 2. The van der Waals surface area contributed by atoms with Crippen molar-refractivity contribution in [2.75, 3.05) is 11.5 Å². The molecule has 0 spiro atoms. The number of nitrogen functional groups attached to an aromatic ring is 2. The SMILES string of the molecule is Cc1ccc(CCCC(=O)OCc2nc(N)nc(N)n2)cc1. The van der Waals surface area contributed by atoms with Crippen LogP contribution in [-0.2, 0) is 22.6 Å². The fourth-order valence-corrected chi connectivity index (χ4v) is 1.93. The van der Waals surface area contributed by atoms with Gasteiger partial charge >= 0.3 is 5.97 Å². The molecule has 0 saturated carbocycles. The summed E-state index contributed by atoms with van der Waals surface area (Å²) in [4.78, 5) is 23.0. The molecule has 0 radical (unpaired) electrons. The molecule has 2 aromatic rings. The summed E-state index contributed by atoms with van der Waals surface area (Å²) >= 11 is 0. The van der Waals surface area contributed by atoms with E-state index in [0.717, 1.165) is 12.8 Å². The molecule has 1 aromatic heterocycles. The zero-order valence-corrected chi connectivity index (χ0v) is 12.5. The van der Waals surface area contributed by atoms with Gasteiger partial charge in [0.05, 0.1) is 0 Å². The molecule has 0 aliphatic rings. The Morgan fingerprint density at radius 2 is 1.73 bits per heavy atom. The molecular formula is C15H19N5O2. The van der Waals surface area contributed by atoms with Gasteiger partial charge < -0.3 is 16.2 Å². The molecule has 1 heterocycles. The fraction of sp³-hybridized carbons (Fsp3) is 0.333. The molecule has 0 saturated heterocycles. The van der Waals surface area contributed by atoms with Crippen LogP contribution in [0.1, 0.15) is 29.8 Å². The highest BCUT2D eigenvalue weighted by Gasteiger charge is 2.07. The molecule has 0 atom stereocenters. The molecular weight excluding hydrogens is 282 g/mol. The first-order chi connectivity index (χ1) is 10.5. The van der Waals surface area contributed by atoms with E-state index in [1.165, 1.54) is 11.1 Å². The van der Waals surface area contributed by atoms with Gasteiger partial charge in [-0.2, -0.15) is 15.0 Å². The van der Waals surface area contributed by atoms with Gasteiger partial charge in [0, 0.05) is 6.42 Å². The number of benzene rings is 1. The average molecular weight is 301 g/mol. The van der Waals surface area contributed by atoms with Crippen molar-refractivity contribution in [1.82, 2.24) is 15.0 Å². The van der Waals surface area contributed by atoms with E-state index in [1.807, 2.05) is 6.92 Å². The molecule has 7 nitrogen and oxygen atoms in total. The Labute approximate surface area is 128 Å². The molecule has 0 aliphatic heterocycles. The molecule has 0 unspecified atom stereocenters. The van der Waals surface area contributed by atoms with Gasteiger partial charge in [-0.25, -0.2) is 0 Å². The number of carbonyl (C=O) groups is 1. The summed E-state index contributed by atoms with van der Waals surface area (Å²) in [5.74, 6) is -0.0302. The minimum Gasteiger partial charge on any atom is -0.457 e. The van der Waals surface area contributed by atoms with Crippen LogP contribution in [0.5, 0.6) is 0 Å². The number of ether oxygens (including phenoxy) is 1. The smallest absolute Gasteiger partial charge is 0.306 e. The number of aromatic nitrogens is 3. The molecule has 4 N–H and O–H groups in total. The first-order valence-electron chi connectivity index (χ1n) is 7.00. The predicted octanol–water partition coefficient (Wildman–Crippen LogP) is 1.41. The second-order valence-electron chi connectivity index (χ2n) is 4.97. The Balaban J connectivity index is 1.72. The lowest BCUT2D eigenvalue weighted by Gasteiger charge is -2.05. The Hall–Kier alpha value is -2.70. The minimum atomic E-state index is -0.301. The standard InChI is InChI=1S/C15H19N5O2/c1-10-5-7-11(8-6-10)3-2-4-13(21)22-9-12-18-14(16)20-15(17)19-12/h5-8H,2-4,9H2,1H3,(H4,16,17,18,19,20). The van der Waals surface area contributed by atoms with Crippen molar-refractivity contribution in [3.8, 4) is 0 Å². The zero-order valence-electron chi connectivity index (χ0n) is 12.5. The topological polar surface area (TPSA) is 117 Å². The van der Waals surface area contributed by atoms with Gasteiger partial charge in [-0.05, 0) is 25.3 Å². The third-order valence-electron chi connectivity index (χ3n) is 3.05. The van der Waals surface area contributed by atoms with Crippen LogP contribution < -0.4 is 11.5 Å². The van der Waals surface area contributed by atoms with Crippen LogP contribution in [0.3, 0.4) is 0 Å². The van der Waals surface area contributed by atoms with Gasteiger partial charge in [0.1, 0.15) is 0 Å². The Morgan fingerprint density at radius 3 is 2.36 bits per heavy atom. The Bertz CT molecular complexity index is 623. The van der Waals surface area contributed by atoms with E-state index in [9.17, 15) is 4.79 Å². The second kappa shape index (κ2) is 7.35. The summed E-state index contributed by atoms with van der Waals surface area (Å²) in [7, 11) is 0. The van der Waals surface area contributed by atoms with Gasteiger partial charge in [-0.15, -0.1) is 0 Å². The average Bonchev–Trinajstić information content (AvgIpc) is 2.46. The van der Waals surface area contributed by atoms with Crippen molar-refractivity contribution < 1.29 is 9.53 Å². The van der Waals surface area contributed by atoms with Crippen molar-refractivity contribution in [2.45, 2.75) is 32.8 Å². The maximum absolute atomic E-state index is 11.7. The van der Waals surface area contributed by atoms with E-state index in [4.69, 9.17) is 16.2 Å². The maximum atomic E-state index is 11.7. The summed E-state index contributed by atoms with van der Waals surface area (Å²) < 4.78 is 5.09. The van der Waals surface area contributed by atoms with E-state index in [2.05, 4.69) is 39.2 Å².